The maximum absolute atomic E-state index is 9.25. The minimum absolute atomic E-state index is 0.688. The van der Waals surface area contributed by atoms with Gasteiger partial charge < -0.3 is 4.57 Å². The van der Waals surface area contributed by atoms with Crippen molar-refractivity contribution in [1.82, 2.24) is 4.57 Å². The first-order valence-corrected chi connectivity index (χ1v) is 13.5. The Labute approximate surface area is 234 Å². The van der Waals surface area contributed by atoms with Crippen molar-refractivity contribution in [1.29, 1.82) is 5.26 Å². The molecule has 7 aromatic rings. The summed E-state index contributed by atoms with van der Waals surface area (Å²) in [5, 5.41) is 11.7. The highest BCUT2D eigenvalue weighted by Crippen LogP contribution is 2.37. The molecule has 0 unspecified atom stereocenters. The quantitative estimate of drug-likeness (QED) is 0.232. The van der Waals surface area contributed by atoms with E-state index in [1.807, 2.05) is 18.2 Å². The fourth-order valence-corrected chi connectivity index (χ4v) is 5.77. The highest BCUT2D eigenvalue weighted by atomic mass is 15.0. The second-order valence-corrected chi connectivity index (χ2v) is 10.2. The molecule has 1 heterocycles. The van der Waals surface area contributed by atoms with Gasteiger partial charge in [0, 0.05) is 16.5 Å². The molecule has 0 N–H and O–H groups in total. The van der Waals surface area contributed by atoms with Gasteiger partial charge in [-0.1, -0.05) is 91.0 Å². The van der Waals surface area contributed by atoms with Crippen LogP contribution in [0.2, 0.25) is 0 Å². The molecule has 0 atom stereocenters. The molecule has 0 aliphatic rings. The van der Waals surface area contributed by atoms with Gasteiger partial charge in [-0.3, -0.25) is 0 Å². The van der Waals surface area contributed by atoms with E-state index in [-0.39, 0.29) is 0 Å². The van der Waals surface area contributed by atoms with Crippen molar-refractivity contribution in [3.63, 3.8) is 0 Å². The van der Waals surface area contributed by atoms with E-state index in [1.165, 1.54) is 44.1 Å². The smallest absolute Gasteiger partial charge is 0.0991 e. The van der Waals surface area contributed by atoms with Crippen molar-refractivity contribution >= 4 is 21.8 Å². The highest BCUT2D eigenvalue weighted by molar-refractivity contribution is 6.11. The SMILES string of the molecule is Cc1cc(C#N)ccc1-c1ccc(-n2c3ccc(-c4ccccc4)cc3c3cc(-c4ccccc4)ccc32)cc1. The summed E-state index contributed by atoms with van der Waals surface area (Å²) in [6, 6.07) is 51.6. The Morgan fingerprint density at radius 2 is 1.02 bits per heavy atom. The number of aromatic nitrogens is 1. The lowest BCUT2D eigenvalue weighted by Crippen LogP contribution is -1.94. The minimum atomic E-state index is 0.688. The maximum atomic E-state index is 9.25. The maximum Gasteiger partial charge on any atom is 0.0991 e. The van der Waals surface area contributed by atoms with E-state index in [0.717, 1.165) is 22.4 Å². The molecule has 0 spiro atoms. The van der Waals surface area contributed by atoms with Crippen LogP contribution in [-0.2, 0) is 0 Å². The minimum Gasteiger partial charge on any atom is -0.309 e. The third kappa shape index (κ3) is 4.06. The van der Waals surface area contributed by atoms with Crippen LogP contribution in [0.25, 0.3) is 60.9 Å². The summed E-state index contributed by atoms with van der Waals surface area (Å²) in [5.74, 6) is 0. The lowest BCUT2D eigenvalue weighted by molar-refractivity contribution is 1.18. The van der Waals surface area contributed by atoms with Gasteiger partial charge >= 0.3 is 0 Å². The fraction of sp³-hybridized carbons (Fsp3) is 0.0263. The topological polar surface area (TPSA) is 28.7 Å². The van der Waals surface area contributed by atoms with E-state index < -0.39 is 0 Å². The van der Waals surface area contributed by atoms with Crippen molar-refractivity contribution in [3.05, 3.63) is 151 Å². The third-order valence-corrected chi connectivity index (χ3v) is 7.77. The van der Waals surface area contributed by atoms with E-state index in [9.17, 15) is 5.26 Å². The van der Waals surface area contributed by atoms with Gasteiger partial charge in [-0.05, 0) is 94.4 Å². The lowest BCUT2D eigenvalue weighted by atomic mass is 9.98. The number of benzene rings is 6. The Morgan fingerprint density at radius 3 is 1.52 bits per heavy atom. The molecule has 40 heavy (non-hydrogen) atoms. The molecule has 6 aromatic carbocycles. The Hall–Kier alpha value is -5.39. The molecule has 0 radical (unpaired) electrons. The fourth-order valence-electron chi connectivity index (χ4n) is 5.77. The number of rotatable bonds is 4. The molecule has 0 bridgehead atoms. The average molecular weight is 511 g/mol. The van der Waals surface area contributed by atoms with Crippen LogP contribution in [0.4, 0.5) is 0 Å². The predicted octanol–water partition coefficient (Wildman–Crippen LogP) is 9.96. The molecule has 0 fully saturated rings. The summed E-state index contributed by atoms with van der Waals surface area (Å²) < 4.78 is 2.36. The summed E-state index contributed by atoms with van der Waals surface area (Å²) in [6.07, 6.45) is 0. The lowest BCUT2D eigenvalue weighted by Gasteiger charge is -2.11. The average Bonchev–Trinajstić information content (AvgIpc) is 3.35. The number of nitrogens with zero attached hydrogens (tertiary/aromatic N) is 2. The normalized spacial score (nSPS) is 11.1. The molecule has 0 saturated heterocycles. The number of aryl methyl sites for hydroxylation is 1. The Balaban J connectivity index is 1.42. The number of nitriles is 1. The largest absolute Gasteiger partial charge is 0.309 e. The van der Waals surface area contributed by atoms with E-state index in [4.69, 9.17) is 0 Å². The van der Waals surface area contributed by atoms with Crippen LogP contribution in [0.1, 0.15) is 11.1 Å². The second kappa shape index (κ2) is 9.73. The first-order chi connectivity index (χ1) is 19.7. The zero-order chi connectivity index (χ0) is 27.1. The van der Waals surface area contributed by atoms with Crippen LogP contribution < -0.4 is 0 Å². The standard InChI is InChI=1S/C38H26N2/c1-26-22-27(25-39)12-19-34(26)30-13-17-33(18-14-30)40-37-20-15-31(28-8-4-2-5-9-28)23-35(37)36-24-32(16-21-38(36)40)29-10-6-3-7-11-29/h2-24H,1H3. The molecule has 7 rings (SSSR count). The Bertz CT molecular complexity index is 1950. The van der Waals surface area contributed by atoms with Gasteiger partial charge in [0.1, 0.15) is 0 Å². The van der Waals surface area contributed by atoms with Gasteiger partial charge in [0.15, 0.2) is 0 Å². The summed E-state index contributed by atoms with van der Waals surface area (Å²) in [4.78, 5) is 0. The summed E-state index contributed by atoms with van der Waals surface area (Å²) in [5.41, 5.74) is 12.4. The molecule has 2 nitrogen and oxygen atoms in total. The van der Waals surface area contributed by atoms with Crippen LogP contribution in [0.3, 0.4) is 0 Å². The molecular weight excluding hydrogens is 484 g/mol. The predicted molar refractivity (Wildman–Crippen MR) is 167 cm³/mol. The third-order valence-electron chi connectivity index (χ3n) is 7.77. The van der Waals surface area contributed by atoms with E-state index >= 15 is 0 Å². The number of hydrogen-bond donors (Lipinski definition) is 0. The van der Waals surface area contributed by atoms with Crippen molar-refractivity contribution in [2.24, 2.45) is 0 Å². The Morgan fingerprint density at radius 1 is 0.500 bits per heavy atom. The molecule has 0 amide bonds. The molecular formula is C38H26N2. The van der Waals surface area contributed by atoms with Gasteiger partial charge in [-0.15, -0.1) is 0 Å². The molecule has 0 aliphatic carbocycles. The zero-order valence-corrected chi connectivity index (χ0v) is 22.2. The Kier molecular flexibility index (Phi) is 5.77. The van der Waals surface area contributed by atoms with Crippen LogP contribution in [0.5, 0.6) is 0 Å². The van der Waals surface area contributed by atoms with E-state index in [1.54, 1.807) is 0 Å². The monoisotopic (exact) mass is 510 g/mol. The first kappa shape index (κ1) is 23.7. The van der Waals surface area contributed by atoms with Crippen LogP contribution in [0, 0.1) is 18.3 Å². The summed E-state index contributed by atoms with van der Waals surface area (Å²) in [7, 11) is 0. The van der Waals surface area contributed by atoms with Crippen LogP contribution in [0.15, 0.2) is 140 Å². The van der Waals surface area contributed by atoms with Crippen molar-refractivity contribution in [2.75, 3.05) is 0 Å². The summed E-state index contributed by atoms with van der Waals surface area (Å²) in [6.45, 7) is 2.06. The molecule has 1 aromatic heterocycles. The zero-order valence-electron chi connectivity index (χ0n) is 22.2. The van der Waals surface area contributed by atoms with Gasteiger partial charge in [0.2, 0.25) is 0 Å². The van der Waals surface area contributed by atoms with Crippen molar-refractivity contribution < 1.29 is 0 Å². The highest BCUT2D eigenvalue weighted by Gasteiger charge is 2.15. The molecule has 2 heteroatoms. The van der Waals surface area contributed by atoms with Crippen LogP contribution in [-0.4, -0.2) is 4.57 Å². The van der Waals surface area contributed by atoms with Crippen molar-refractivity contribution in [2.45, 2.75) is 6.92 Å². The van der Waals surface area contributed by atoms with Gasteiger partial charge in [-0.25, -0.2) is 0 Å². The van der Waals surface area contributed by atoms with Gasteiger partial charge in [0.25, 0.3) is 0 Å². The number of fused-ring (bicyclic) bond motifs is 3. The summed E-state index contributed by atoms with van der Waals surface area (Å²) >= 11 is 0. The van der Waals surface area contributed by atoms with E-state index in [2.05, 4.69) is 139 Å². The van der Waals surface area contributed by atoms with Crippen LogP contribution >= 0.6 is 0 Å². The molecule has 0 saturated carbocycles. The first-order valence-electron chi connectivity index (χ1n) is 13.5. The molecule has 188 valence electrons. The van der Waals surface area contributed by atoms with Gasteiger partial charge in [0.05, 0.1) is 22.7 Å². The van der Waals surface area contributed by atoms with Gasteiger partial charge in [-0.2, -0.15) is 5.26 Å². The molecule has 0 aliphatic heterocycles. The van der Waals surface area contributed by atoms with E-state index in [0.29, 0.717) is 5.56 Å². The second-order valence-electron chi connectivity index (χ2n) is 10.2. The number of hydrogen-bond acceptors (Lipinski definition) is 1. The van der Waals surface area contributed by atoms with Crippen molar-refractivity contribution in [3.8, 4) is 45.1 Å².